The molecule has 98 valence electrons. The molecule has 0 radical (unpaired) electrons. The van der Waals surface area contributed by atoms with Crippen molar-refractivity contribution < 1.29 is 19.0 Å². The normalized spacial score (nSPS) is 22.4. The summed E-state index contributed by atoms with van der Waals surface area (Å²) in [5.41, 5.74) is 1.24. The predicted molar refractivity (Wildman–Crippen MR) is 72.2 cm³/mol. The minimum atomic E-state index is -0.435. The van der Waals surface area contributed by atoms with Gasteiger partial charge in [0, 0.05) is 14.5 Å². The maximum atomic E-state index is 11.8. The molecular formula is C12H12Br2O4. The molecule has 18 heavy (non-hydrogen) atoms. The van der Waals surface area contributed by atoms with Crippen LogP contribution in [0.4, 0.5) is 0 Å². The quantitative estimate of drug-likeness (QED) is 0.749. The van der Waals surface area contributed by atoms with Crippen LogP contribution in [0.2, 0.25) is 0 Å². The number of carbonyl (C=O) groups excluding carboxylic acids is 1. The lowest BCUT2D eigenvalue weighted by molar-refractivity contribution is -0.382. The second kappa shape index (κ2) is 5.69. The van der Waals surface area contributed by atoms with Gasteiger partial charge in [-0.3, -0.25) is 0 Å². The minimum absolute atomic E-state index is 0.211. The van der Waals surface area contributed by atoms with Gasteiger partial charge in [0.1, 0.15) is 0 Å². The van der Waals surface area contributed by atoms with Crippen LogP contribution in [0.1, 0.15) is 36.1 Å². The van der Waals surface area contributed by atoms with E-state index in [2.05, 4.69) is 31.9 Å². The molecule has 0 amide bonds. The van der Waals surface area contributed by atoms with Crippen molar-refractivity contribution in [2.75, 3.05) is 6.61 Å². The Balaban J connectivity index is 2.30. The molecule has 0 aliphatic carbocycles. The van der Waals surface area contributed by atoms with Crippen molar-refractivity contribution in [1.82, 2.24) is 0 Å². The van der Waals surface area contributed by atoms with Crippen molar-refractivity contribution in [3.05, 3.63) is 32.2 Å². The first kappa shape index (κ1) is 14.0. The molecule has 0 bridgehead atoms. The molecule has 0 aromatic heterocycles. The predicted octanol–water partition coefficient (Wildman–Crippen LogP) is 3.78. The Morgan fingerprint density at radius 2 is 2.00 bits per heavy atom. The number of hydrogen-bond acceptors (Lipinski definition) is 4. The molecule has 1 saturated heterocycles. The molecule has 1 fully saturated rings. The van der Waals surface area contributed by atoms with Gasteiger partial charge in [-0.15, -0.1) is 0 Å². The number of benzene rings is 1. The summed E-state index contributed by atoms with van der Waals surface area (Å²) in [4.78, 5) is 11.8. The van der Waals surface area contributed by atoms with Gasteiger partial charge in [0.05, 0.1) is 12.2 Å². The number of rotatable bonds is 3. The Hall–Kier alpha value is -0.430. The molecule has 0 saturated carbocycles. The summed E-state index contributed by atoms with van der Waals surface area (Å²) >= 11 is 6.76. The first-order chi connectivity index (χ1) is 8.52. The molecule has 1 aliphatic rings. The van der Waals surface area contributed by atoms with Gasteiger partial charge in [-0.25, -0.2) is 4.79 Å². The van der Waals surface area contributed by atoms with Gasteiger partial charge in [0.2, 0.25) is 0 Å². The average molecular weight is 380 g/mol. The average Bonchev–Trinajstić information content (AvgIpc) is 2.26. The van der Waals surface area contributed by atoms with E-state index in [-0.39, 0.29) is 12.3 Å². The smallest absolute Gasteiger partial charge is 0.339 e. The van der Waals surface area contributed by atoms with Crippen LogP contribution >= 0.6 is 31.9 Å². The van der Waals surface area contributed by atoms with Crippen molar-refractivity contribution in [3.63, 3.8) is 0 Å². The highest BCUT2D eigenvalue weighted by Crippen LogP contribution is 2.38. The number of ether oxygens (including phenoxy) is 3. The van der Waals surface area contributed by atoms with E-state index in [1.54, 1.807) is 19.1 Å². The van der Waals surface area contributed by atoms with Gasteiger partial charge in [-0.05, 0) is 41.9 Å². The third-order valence-corrected chi connectivity index (χ3v) is 3.81. The number of carbonyl (C=O) groups is 1. The Morgan fingerprint density at radius 1 is 1.33 bits per heavy atom. The van der Waals surface area contributed by atoms with Crippen LogP contribution in [0, 0.1) is 0 Å². The van der Waals surface area contributed by atoms with Gasteiger partial charge >= 0.3 is 5.97 Å². The standard InChI is InChI=1S/C12H12Br2O4/c1-3-16-11(15)7-4-8(10(14)5-9(7)13)12-17-6(2)18-12/h4-6,12H,3H2,1-2H3. The SMILES string of the molecule is CCOC(=O)c1cc(C2OC(C)O2)c(Br)cc1Br. The second-order valence-electron chi connectivity index (χ2n) is 3.75. The highest BCUT2D eigenvalue weighted by Gasteiger charge is 2.31. The summed E-state index contributed by atoms with van der Waals surface area (Å²) in [5, 5.41) is 0. The fourth-order valence-electron chi connectivity index (χ4n) is 1.62. The Morgan fingerprint density at radius 3 is 2.56 bits per heavy atom. The van der Waals surface area contributed by atoms with E-state index in [9.17, 15) is 4.79 Å². The molecule has 1 aromatic rings. The van der Waals surface area contributed by atoms with E-state index in [0.717, 1.165) is 10.0 Å². The third-order valence-electron chi connectivity index (χ3n) is 2.47. The molecule has 0 atom stereocenters. The van der Waals surface area contributed by atoms with Crippen molar-refractivity contribution in [1.29, 1.82) is 0 Å². The number of hydrogen-bond donors (Lipinski definition) is 0. The van der Waals surface area contributed by atoms with Crippen LogP contribution < -0.4 is 0 Å². The summed E-state index contributed by atoms with van der Waals surface area (Å²) in [6.07, 6.45) is -0.646. The molecule has 0 spiro atoms. The zero-order valence-corrected chi connectivity index (χ0v) is 13.1. The molecule has 4 nitrogen and oxygen atoms in total. The van der Waals surface area contributed by atoms with Crippen LogP contribution in [0.25, 0.3) is 0 Å². The fraction of sp³-hybridized carbons (Fsp3) is 0.417. The minimum Gasteiger partial charge on any atom is -0.462 e. The summed E-state index contributed by atoms with van der Waals surface area (Å²) in [5.74, 6) is -0.370. The highest BCUT2D eigenvalue weighted by atomic mass is 79.9. The van der Waals surface area contributed by atoms with Crippen LogP contribution in [0.5, 0.6) is 0 Å². The van der Waals surface area contributed by atoms with Gasteiger partial charge in [-0.2, -0.15) is 0 Å². The highest BCUT2D eigenvalue weighted by molar-refractivity contribution is 9.11. The molecule has 2 rings (SSSR count). The molecule has 1 heterocycles. The first-order valence-electron chi connectivity index (χ1n) is 5.50. The third kappa shape index (κ3) is 2.77. The molecular weight excluding hydrogens is 368 g/mol. The fourth-order valence-corrected chi connectivity index (χ4v) is 2.96. The largest absolute Gasteiger partial charge is 0.462 e. The molecule has 1 aromatic carbocycles. The zero-order chi connectivity index (χ0) is 13.3. The lowest BCUT2D eigenvalue weighted by atomic mass is 10.1. The van der Waals surface area contributed by atoms with Crippen molar-refractivity contribution in [3.8, 4) is 0 Å². The van der Waals surface area contributed by atoms with Crippen molar-refractivity contribution in [2.45, 2.75) is 26.4 Å². The molecule has 0 N–H and O–H groups in total. The van der Waals surface area contributed by atoms with Gasteiger partial charge < -0.3 is 14.2 Å². The topological polar surface area (TPSA) is 44.8 Å². The van der Waals surface area contributed by atoms with E-state index < -0.39 is 6.29 Å². The first-order valence-corrected chi connectivity index (χ1v) is 7.08. The number of esters is 1. The molecule has 1 aliphatic heterocycles. The summed E-state index contributed by atoms with van der Waals surface area (Å²) in [6, 6.07) is 3.50. The Bertz CT molecular complexity index is 469. The lowest BCUT2D eigenvalue weighted by Gasteiger charge is -2.34. The van der Waals surface area contributed by atoms with Gasteiger partial charge in [0.15, 0.2) is 12.6 Å². The van der Waals surface area contributed by atoms with E-state index >= 15 is 0 Å². The Kier molecular flexibility index (Phi) is 4.42. The Labute approximate surface area is 122 Å². The lowest BCUT2D eigenvalue weighted by Crippen LogP contribution is -2.32. The van der Waals surface area contributed by atoms with Crippen molar-refractivity contribution in [2.24, 2.45) is 0 Å². The summed E-state index contributed by atoms with van der Waals surface area (Å²) in [6.45, 7) is 3.92. The maximum absolute atomic E-state index is 11.8. The summed E-state index contributed by atoms with van der Waals surface area (Å²) < 4.78 is 17.3. The molecule has 0 unspecified atom stereocenters. The van der Waals surface area contributed by atoms with Gasteiger partial charge in [0.25, 0.3) is 0 Å². The monoisotopic (exact) mass is 378 g/mol. The van der Waals surface area contributed by atoms with Crippen LogP contribution in [0.15, 0.2) is 21.1 Å². The van der Waals surface area contributed by atoms with Gasteiger partial charge in [-0.1, -0.05) is 15.9 Å². The van der Waals surface area contributed by atoms with E-state index in [1.807, 2.05) is 6.92 Å². The van der Waals surface area contributed by atoms with Crippen LogP contribution in [-0.2, 0) is 14.2 Å². The van der Waals surface area contributed by atoms with E-state index in [1.165, 1.54) is 0 Å². The number of halogens is 2. The van der Waals surface area contributed by atoms with E-state index in [4.69, 9.17) is 14.2 Å². The zero-order valence-electron chi connectivity index (χ0n) is 9.91. The molecule has 6 heteroatoms. The van der Waals surface area contributed by atoms with Crippen LogP contribution in [-0.4, -0.2) is 18.9 Å². The summed E-state index contributed by atoms with van der Waals surface area (Å²) in [7, 11) is 0. The van der Waals surface area contributed by atoms with E-state index in [0.29, 0.717) is 16.6 Å². The maximum Gasteiger partial charge on any atom is 0.339 e. The second-order valence-corrected chi connectivity index (χ2v) is 5.45. The van der Waals surface area contributed by atoms with Crippen molar-refractivity contribution >= 4 is 37.8 Å². The van der Waals surface area contributed by atoms with Crippen LogP contribution in [0.3, 0.4) is 0 Å².